The molecule has 21 heavy (non-hydrogen) atoms. The van der Waals surface area contributed by atoms with Crippen LogP contribution in [0.4, 0.5) is 5.69 Å². The summed E-state index contributed by atoms with van der Waals surface area (Å²) >= 11 is 0. The van der Waals surface area contributed by atoms with Gasteiger partial charge in [-0.3, -0.25) is 14.7 Å². The Kier molecular flexibility index (Phi) is 3.45. The number of benzene rings is 1. The highest BCUT2D eigenvalue weighted by Crippen LogP contribution is 2.26. The first-order valence-corrected chi connectivity index (χ1v) is 6.83. The van der Waals surface area contributed by atoms with Crippen molar-refractivity contribution in [2.45, 2.75) is 4.90 Å². The summed E-state index contributed by atoms with van der Waals surface area (Å²) in [6.45, 7) is 0. The lowest BCUT2D eigenvalue weighted by Gasteiger charge is -2.05. The predicted octanol–water partition coefficient (Wildman–Crippen LogP) is 0.126. The minimum absolute atomic E-state index is 0.0348. The molecule has 0 saturated heterocycles. The van der Waals surface area contributed by atoms with Gasteiger partial charge < -0.3 is 5.11 Å². The molecule has 3 N–H and O–H groups in total. The molecule has 0 amide bonds. The number of nitro groups is 1. The van der Waals surface area contributed by atoms with E-state index in [0.29, 0.717) is 0 Å². The molecule has 0 atom stereocenters. The third kappa shape index (κ3) is 2.88. The zero-order valence-corrected chi connectivity index (χ0v) is 11.0. The highest BCUT2D eigenvalue weighted by atomic mass is 32.2. The van der Waals surface area contributed by atoms with Crippen LogP contribution in [0.3, 0.4) is 0 Å². The van der Waals surface area contributed by atoms with Crippen molar-refractivity contribution in [1.82, 2.24) is 9.55 Å². The van der Waals surface area contributed by atoms with Gasteiger partial charge in [-0.05, 0) is 12.1 Å². The zero-order valence-electron chi connectivity index (χ0n) is 10.2. The van der Waals surface area contributed by atoms with Gasteiger partial charge in [-0.15, -0.1) is 0 Å². The molecule has 1 heterocycles. The van der Waals surface area contributed by atoms with Gasteiger partial charge in [0, 0.05) is 12.3 Å². The number of aromatic nitrogens is 2. The lowest BCUT2D eigenvalue weighted by molar-refractivity contribution is -0.384. The Morgan fingerprint density at radius 3 is 2.57 bits per heavy atom. The number of nitrogens with two attached hydrogens (primary N) is 1. The lowest BCUT2D eigenvalue weighted by Crippen LogP contribution is -2.13. The molecule has 0 aliphatic heterocycles. The van der Waals surface area contributed by atoms with E-state index in [2.05, 4.69) is 4.98 Å². The average Bonchev–Trinajstić information content (AvgIpc) is 2.86. The number of sulfonamides is 1. The van der Waals surface area contributed by atoms with Crippen LogP contribution < -0.4 is 5.14 Å². The fourth-order valence-corrected chi connectivity index (χ4v) is 2.14. The first-order chi connectivity index (χ1) is 9.70. The number of imidazole rings is 1. The number of primary sulfonamides is 1. The minimum Gasteiger partial charge on any atom is -0.476 e. The van der Waals surface area contributed by atoms with Crippen molar-refractivity contribution in [1.29, 1.82) is 0 Å². The second-order valence-electron chi connectivity index (χ2n) is 3.92. The van der Waals surface area contributed by atoms with Crippen LogP contribution in [0.2, 0.25) is 0 Å². The molecule has 0 spiro atoms. The summed E-state index contributed by atoms with van der Waals surface area (Å²) < 4.78 is 23.5. The van der Waals surface area contributed by atoms with Crippen LogP contribution in [-0.2, 0) is 10.0 Å². The number of hydrogen-bond donors (Lipinski definition) is 2. The first-order valence-electron chi connectivity index (χ1n) is 5.29. The molecule has 0 radical (unpaired) electrons. The summed E-state index contributed by atoms with van der Waals surface area (Å²) in [5, 5.41) is 24.7. The highest BCUT2D eigenvalue weighted by Gasteiger charge is 2.21. The second kappa shape index (κ2) is 4.96. The normalized spacial score (nSPS) is 11.3. The van der Waals surface area contributed by atoms with Gasteiger partial charge in [-0.1, -0.05) is 0 Å². The van der Waals surface area contributed by atoms with Crippen LogP contribution in [0.15, 0.2) is 35.6 Å². The molecule has 2 rings (SSSR count). The summed E-state index contributed by atoms with van der Waals surface area (Å²) in [5.41, 5.74) is -0.886. The molecule has 0 saturated carbocycles. The number of carboxylic acids is 1. The van der Waals surface area contributed by atoms with Gasteiger partial charge in [-0.2, -0.15) is 0 Å². The number of aromatic carboxylic acids is 1. The number of rotatable bonds is 4. The van der Waals surface area contributed by atoms with E-state index in [1.54, 1.807) is 0 Å². The van der Waals surface area contributed by atoms with Crippen molar-refractivity contribution in [2.75, 3.05) is 0 Å². The van der Waals surface area contributed by atoms with Gasteiger partial charge in [0.05, 0.1) is 9.82 Å². The van der Waals surface area contributed by atoms with Crippen LogP contribution in [0.5, 0.6) is 0 Å². The Morgan fingerprint density at radius 2 is 2.10 bits per heavy atom. The number of carboxylic acid groups (broad SMARTS) is 1. The van der Waals surface area contributed by atoms with E-state index < -0.39 is 31.5 Å². The minimum atomic E-state index is -4.09. The van der Waals surface area contributed by atoms with Gasteiger partial charge in [0.15, 0.2) is 5.69 Å². The number of hydrogen-bond acceptors (Lipinski definition) is 6. The third-order valence-corrected chi connectivity index (χ3v) is 3.46. The summed E-state index contributed by atoms with van der Waals surface area (Å²) in [6.07, 6.45) is 2.14. The maximum absolute atomic E-state index is 11.2. The van der Waals surface area contributed by atoms with Gasteiger partial charge in [0.2, 0.25) is 10.0 Å². The fourth-order valence-electron chi connectivity index (χ4n) is 1.61. The smallest absolute Gasteiger partial charge is 0.356 e. The van der Waals surface area contributed by atoms with Gasteiger partial charge in [-0.25, -0.2) is 23.3 Å². The van der Waals surface area contributed by atoms with Crippen molar-refractivity contribution in [2.24, 2.45) is 5.14 Å². The molecule has 0 fully saturated rings. The van der Waals surface area contributed by atoms with Gasteiger partial charge in [0.25, 0.3) is 5.69 Å². The Morgan fingerprint density at radius 1 is 1.43 bits per heavy atom. The van der Waals surface area contributed by atoms with Crippen molar-refractivity contribution in [3.8, 4) is 5.69 Å². The SMILES string of the molecule is NS(=O)(=O)c1ccc(-n2cnc(C(=O)O)c2)c([N+](=O)[O-])c1. The second-order valence-corrected chi connectivity index (χ2v) is 5.49. The maximum atomic E-state index is 11.2. The molecule has 0 aliphatic carbocycles. The summed E-state index contributed by atoms with van der Waals surface area (Å²) in [4.78, 5) is 24.1. The quantitative estimate of drug-likeness (QED) is 0.599. The van der Waals surface area contributed by atoms with Crippen molar-refractivity contribution < 1.29 is 23.2 Å². The molecule has 1 aromatic heterocycles. The zero-order chi connectivity index (χ0) is 15.8. The Bertz CT molecular complexity index is 841. The topological polar surface area (TPSA) is 158 Å². The standard InChI is InChI=1S/C10H8N4O6S/c11-21(19,20)6-1-2-8(9(3-6)14(17)18)13-4-7(10(15)16)12-5-13/h1-5H,(H,15,16)(H2,11,19,20). The molecular weight excluding hydrogens is 304 g/mol. The Balaban J connectivity index is 2.63. The molecule has 10 nitrogen and oxygen atoms in total. The molecule has 0 bridgehead atoms. The van der Waals surface area contributed by atoms with Crippen molar-refractivity contribution >= 4 is 21.7 Å². The summed E-state index contributed by atoms with van der Waals surface area (Å²) in [6, 6.07) is 3.02. The molecule has 110 valence electrons. The molecule has 11 heteroatoms. The Labute approximate surface area is 117 Å². The summed E-state index contributed by atoms with van der Waals surface area (Å²) in [5.74, 6) is -1.29. The number of carbonyl (C=O) groups is 1. The summed E-state index contributed by atoms with van der Waals surface area (Å²) in [7, 11) is -4.09. The third-order valence-electron chi connectivity index (χ3n) is 2.55. The largest absolute Gasteiger partial charge is 0.476 e. The van der Waals surface area contributed by atoms with Gasteiger partial charge >= 0.3 is 5.97 Å². The van der Waals surface area contributed by atoms with Crippen molar-refractivity contribution in [3.05, 3.63) is 46.5 Å². The van der Waals surface area contributed by atoms with E-state index in [1.165, 1.54) is 0 Å². The van der Waals surface area contributed by atoms with Crippen LogP contribution in [0.25, 0.3) is 5.69 Å². The van der Waals surface area contributed by atoms with E-state index in [4.69, 9.17) is 10.2 Å². The Hall–Kier alpha value is -2.79. The van der Waals surface area contributed by atoms with E-state index in [1.807, 2.05) is 0 Å². The van der Waals surface area contributed by atoms with Crippen LogP contribution in [-0.4, -0.2) is 34.0 Å². The maximum Gasteiger partial charge on any atom is 0.356 e. The lowest BCUT2D eigenvalue weighted by atomic mass is 10.2. The molecule has 2 aromatic rings. The predicted molar refractivity (Wildman–Crippen MR) is 68.6 cm³/mol. The van der Waals surface area contributed by atoms with Crippen LogP contribution >= 0.6 is 0 Å². The molecule has 0 aliphatic rings. The van der Waals surface area contributed by atoms with Gasteiger partial charge in [0.1, 0.15) is 12.0 Å². The number of nitro benzene ring substituents is 1. The van der Waals surface area contributed by atoms with E-state index in [9.17, 15) is 23.3 Å². The van der Waals surface area contributed by atoms with E-state index >= 15 is 0 Å². The van der Waals surface area contributed by atoms with Crippen LogP contribution in [0.1, 0.15) is 10.5 Å². The van der Waals surface area contributed by atoms with Crippen molar-refractivity contribution in [3.63, 3.8) is 0 Å². The first kappa shape index (κ1) is 14.6. The fraction of sp³-hybridized carbons (Fsp3) is 0. The molecular formula is C10H8N4O6S. The van der Waals surface area contributed by atoms with E-state index in [-0.39, 0.29) is 11.4 Å². The monoisotopic (exact) mass is 312 g/mol. The molecule has 1 aromatic carbocycles. The average molecular weight is 312 g/mol. The number of nitrogens with zero attached hydrogens (tertiary/aromatic N) is 3. The van der Waals surface area contributed by atoms with E-state index in [0.717, 1.165) is 35.3 Å². The highest BCUT2D eigenvalue weighted by molar-refractivity contribution is 7.89. The van der Waals surface area contributed by atoms with Crippen LogP contribution in [0, 0.1) is 10.1 Å². The molecule has 0 unspecified atom stereocenters.